The number of nitrogens with zero attached hydrogens (tertiary/aromatic N) is 2. The van der Waals surface area contributed by atoms with Gasteiger partial charge in [-0.1, -0.05) is 6.58 Å². The normalized spacial score (nSPS) is 14.0. The van der Waals surface area contributed by atoms with E-state index in [9.17, 15) is 9.59 Å². The Labute approximate surface area is 114 Å². The number of hydrogen-bond acceptors (Lipinski definition) is 7. The minimum Gasteiger partial charge on any atom is -0.462 e. The molecule has 0 saturated carbocycles. The zero-order valence-electron chi connectivity index (χ0n) is 11.2. The number of aromatic amines is 1. The van der Waals surface area contributed by atoms with Gasteiger partial charge >= 0.3 is 5.97 Å². The predicted octanol–water partition coefficient (Wildman–Crippen LogP) is -0.233. The molecule has 0 bridgehead atoms. The molecule has 2 heterocycles. The number of hydrazine groups is 1. The van der Waals surface area contributed by atoms with Crippen LogP contribution in [0.25, 0.3) is 5.57 Å². The van der Waals surface area contributed by atoms with Crippen molar-refractivity contribution in [1.82, 2.24) is 15.4 Å². The molecule has 0 unspecified atom stereocenters. The minimum atomic E-state index is -0.621. The van der Waals surface area contributed by atoms with Crippen LogP contribution in [0.3, 0.4) is 0 Å². The number of nitrogens with one attached hydrogen (secondary N) is 2. The topological polar surface area (TPSA) is 113 Å². The van der Waals surface area contributed by atoms with E-state index in [0.29, 0.717) is 5.70 Å². The van der Waals surface area contributed by atoms with Gasteiger partial charge in [0.2, 0.25) is 5.95 Å². The van der Waals surface area contributed by atoms with Gasteiger partial charge in [-0.3, -0.25) is 20.2 Å². The number of esters is 1. The number of carbonyl (C=O) groups excluding carboxylic acids is 1. The monoisotopic (exact) mass is 277 g/mol. The molecule has 20 heavy (non-hydrogen) atoms. The fraction of sp³-hybridized carbons (Fsp3) is 0.250. The molecule has 0 fully saturated rings. The van der Waals surface area contributed by atoms with E-state index in [-0.39, 0.29) is 29.5 Å². The van der Waals surface area contributed by atoms with Crippen LogP contribution in [0.1, 0.15) is 12.5 Å². The summed E-state index contributed by atoms with van der Waals surface area (Å²) in [5.74, 6) is -0.439. The average molecular weight is 277 g/mol. The maximum absolute atomic E-state index is 12.1. The molecule has 0 atom stereocenters. The highest BCUT2D eigenvalue weighted by Crippen LogP contribution is 2.25. The highest BCUT2D eigenvalue weighted by molar-refractivity contribution is 6.18. The number of nitrogens with two attached hydrogens (primary N) is 1. The number of anilines is 2. The fourth-order valence-electron chi connectivity index (χ4n) is 1.88. The lowest BCUT2D eigenvalue weighted by Crippen LogP contribution is -2.34. The van der Waals surface area contributed by atoms with Crippen molar-refractivity contribution in [2.24, 2.45) is 0 Å². The van der Waals surface area contributed by atoms with Gasteiger partial charge in [0.05, 0.1) is 17.7 Å². The van der Waals surface area contributed by atoms with E-state index >= 15 is 0 Å². The molecule has 8 heteroatoms. The number of allylic oxidation sites excluding steroid dienone is 1. The van der Waals surface area contributed by atoms with E-state index in [1.54, 1.807) is 14.0 Å². The molecule has 0 aromatic carbocycles. The Balaban J connectivity index is 2.69. The number of H-pyrrole nitrogens is 1. The quantitative estimate of drug-likeness (QED) is 0.640. The van der Waals surface area contributed by atoms with Gasteiger partial charge in [0, 0.05) is 12.7 Å². The third-order valence-corrected chi connectivity index (χ3v) is 2.63. The Bertz CT molecular complexity index is 662. The molecule has 106 valence electrons. The van der Waals surface area contributed by atoms with Crippen molar-refractivity contribution in [2.45, 2.75) is 6.92 Å². The summed E-state index contributed by atoms with van der Waals surface area (Å²) in [6.45, 7) is 5.62. The van der Waals surface area contributed by atoms with Gasteiger partial charge in [0.25, 0.3) is 5.56 Å². The highest BCUT2D eigenvalue weighted by Gasteiger charge is 2.26. The van der Waals surface area contributed by atoms with Crippen LogP contribution in [-0.4, -0.2) is 29.6 Å². The summed E-state index contributed by atoms with van der Waals surface area (Å²) < 4.78 is 4.96. The lowest BCUT2D eigenvalue weighted by atomic mass is 10.1. The standard InChI is InChI=1S/C12H15N5O3/c1-4-20-11(19)7-5-6(2)16-17(3)9-8(7)10(18)15-12(13)14-9/h5,16H,2,4H2,1,3H3,(H3,13,14,15,18). The minimum absolute atomic E-state index is 0.0434. The van der Waals surface area contributed by atoms with Crippen molar-refractivity contribution in [3.63, 3.8) is 0 Å². The molecule has 1 aliphatic heterocycles. The lowest BCUT2D eigenvalue weighted by molar-refractivity contribution is -0.136. The van der Waals surface area contributed by atoms with Gasteiger partial charge < -0.3 is 10.5 Å². The van der Waals surface area contributed by atoms with Crippen LogP contribution in [0.15, 0.2) is 23.1 Å². The molecule has 2 rings (SSSR count). The third kappa shape index (κ3) is 2.35. The molecular weight excluding hydrogens is 262 g/mol. The van der Waals surface area contributed by atoms with Crippen molar-refractivity contribution < 1.29 is 9.53 Å². The first kappa shape index (κ1) is 13.7. The van der Waals surface area contributed by atoms with Crippen molar-refractivity contribution in [3.8, 4) is 0 Å². The van der Waals surface area contributed by atoms with Crippen LogP contribution in [0, 0.1) is 0 Å². The second-order valence-corrected chi connectivity index (χ2v) is 4.12. The maximum Gasteiger partial charge on any atom is 0.339 e. The van der Waals surface area contributed by atoms with E-state index in [0.717, 1.165) is 0 Å². The van der Waals surface area contributed by atoms with E-state index < -0.39 is 11.5 Å². The van der Waals surface area contributed by atoms with Crippen molar-refractivity contribution in [3.05, 3.63) is 34.3 Å². The highest BCUT2D eigenvalue weighted by atomic mass is 16.5. The summed E-state index contributed by atoms with van der Waals surface area (Å²) in [6, 6.07) is 0. The van der Waals surface area contributed by atoms with Crippen molar-refractivity contribution in [1.29, 1.82) is 0 Å². The van der Waals surface area contributed by atoms with Crippen LogP contribution in [-0.2, 0) is 9.53 Å². The summed E-state index contributed by atoms with van der Waals surface area (Å²) in [6.07, 6.45) is 1.44. The summed E-state index contributed by atoms with van der Waals surface area (Å²) >= 11 is 0. The maximum atomic E-state index is 12.1. The molecule has 0 amide bonds. The SMILES string of the molecule is C=C1C=C(C(=O)OCC)c2c(nc(N)[nH]c2=O)N(C)N1. The molecule has 1 aliphatic rings. The van der Waals surface area contributed by atoms with Crippen LogP contribution in [0.4, 0.5) is 11.8 Å². The number of ether oxygens (including phenoxy) is 1. The second-order valence-electron chi connectivity index (χ2n) is 4.12. The van der Waals surface area contributed by atoms with E-state index in [2.05, 4.69) is 22.0 Å². The summed E-state index contributed by atoms with van der Waals surface area (Å²) in [5, 5.41) is 1.46. The molecule has 1 aromatic rings. The predicted molar refractivity (Wildman–Crippen MR) is 74.6 cm³/mol. The molecule has 0 radical (unpaired) electrons. The Morgan fingerprint density at radius 2 is 2.30 bits per heavy atom. The number of rotatable bonds is 2. The molecule has 4 N–H and O–H groups in total. The zero-order valence-corrected chi connectivity index (χ0v) is 11.2. The molecule has 0 saturated heterocycles. The number of hydrogen-bond donors (Lipinski definition) is 3. The summed E-state index contributed by atoms with van der Waals surface area (Å²) in [5.41, 5.74) is 8.47. The first-order valence-electron chi connectivity index (χ1n) is 5.92. The van der Waals surface area contributed by atoms with Gasteiger partial charge in [-0.25, -0.2) is 4.79 Å². The number of fused-ring (bicyclic) bond motifs is 1. The molecule has 1 aromatic heterocycles. The van der Waals surface area contributed by atoms with Gasteiger partial charge in [0.15, 0.2) is 5.82 Å². The zero-order chi connectivity index (χ0) is 14.9. The van der Waals surface area contributed by atoms with Gasteiger partial charge in [-0.2, -0.15) is 4.98 Å². The number of nitrogen functional groups attached to an aromatic ring is 1. The van der Waals surface area contributed by atoms with E-state index in [1.807, 2.05) is 0 Å². The van der Waals surface area contributed by atoms with Gasteiger partial charge in [-0.05, 0) is 13.0 Å². The number of carbonyl (C=O) groups is 1. The Morgan fingerprint density at radius 3 is 2.95 bits per heavy atom. The average Bonchev–Trinajstić information content (AvgIpc) is 2.47. The van der Waals surface area contributed by atoms with Crippen LogP contribution >= 0.6 is 0 Å². The van der Waals surface area contributed by atoms with Gasteiger partial charge in [-0.15, -0.1) is 0 Å². The van der Waals surface area contributed by atoms with Crippen LogP contribution < -0.4 is 21.7 Å². The molecule has 0 aliphatic carbocycles. The van der Waals surface area contributed by atoms with E-state index in [4.69, 9.17) is 10.5 Å². The lowest BCUT2D eigenvalue weighted by Gasteiger charge is -2.20. The van der Waals surface area contributed by atoms with Crippen LogP contribution in [0.5, 0.6) is 0 Å². The third-order valence-electron chi connectivity index (χ3n) is 2.63. The Kier molecular flexibility index (Phi) is 3.47. The number of aromatic nitrogens is 2. The smallest absolute Gasteiger partial charge is 0.339 e. The van der Waals surface area contributed by atoms with Crippen molar-refractivity contribution >= 4 is 23.3 Å². The second kappa shape index (κ2) is 5.08. The summed E-state index contributed by atoms with van der Waals surface area (Å²) in [4.78, 5) is 30.5. The van der Waals surface area contributed by atoms with E-state index in [1.165, 1.54) is 11.1 Å². The molecule has 8 nitrogen and oxygen atoms in total. The van der Waals surface area contributed by atoms with Crippen LogP contribution in [0.2, 0.25) is 0 Å². The van der Waals surface area contributed by atoms with Gasteiger partial charge in [0.1, 0.15) is 0 Å². The largest absolute Gasteiger partial charge is 0.462 e. The Hall–Kier alpha value is -2.77. The first-order valence-corrected chi connectivity index (χ1v) is 5.92. The molecular formula is C12H15N5O3. The molecule has 0 spiro atoms. The fourth-order valence-corrected chi connectivity index (χ4v) is 1.88. The van der Waals surface area contributed by atoms with Crippen molar-refractivity contribution in [2.75, 3.05) is 24.4 Å². The Morgan fingerprint density at radius 1 is 1.60 bits per heavy atom. The first-order chi connectivity index (χ1) is 9.43. The summed E-state index contributed by atoms with van der Waals surface area (Å²) in [7, 11) is 1.64.